The van der Waals surface area contributed by atoms with Crippen LogP contribution in [0.4, 0.5) is 5.69 Å². The average Bonchev–Trinajstić information content (AvgIpc) is 2.84. The smallest absolute Gasteiger partial charge is 0.0624 e. The van der Waals surface area contributed by atoms with Gasteiger partial charge in [-0.25, -0.2) is 0 Å². The molecule has 0 saturated carbocycles. The van der Waals surface area contributed by atoms with Crippen molar-refractivity contribution in [3.63, 3.8) is 0 Å². The van der Waals surface area contributed by atoms with Crippen LogP contribution >= 0.6 is 0 Å². The summed E-state index contributed by atoms with van der Waals surface area (Å²) in [6, 6.07) is 4.08. The van der Waals surface area contributed by atoms with E-state index in [1.807, 2.05) is 0 Å². The van der Waals surface area contributed by atoms with Crippen LogP contribution < -0.4 is 10.6 Å². The Morgan fingerprint density at radius 3 is 2.47 bits per heavy atom. The van der Waals surface area contributed by atoms with E-state index >= 15 is 0 Å². The first-order valence-electron chi connectivity index (χ1n) is 6.36. The fourth-order valence-electron chi connectivity index (χ4n) is 2.62. The van der Waals surface area contributed by atoms with Gasteiger partial charge in [0, 0.05) is 18.8 Å². The number of anilines is 1. The molecule has 1 aliphatic rings. The van der Waals surface area contributed by atoms with Crippen molar-refractivity contribution in [1.82, 2.24) is 0 Å². The third-order valence-electron chi connectivity index (χ3n) is 3.63. The Kier molecular flexibility index (Phi) is 3.69. The van der Waals surface area contributed by atoms with Crippen LogP contribution in [0, 0.1) is 13.8 Å². The molecule has 3 heteroatoms. The van der Waals surface area contributed by atoms with Gasteiger partial charge in [-0.15, -0.1) is 0 Å². The van der Waals surface area contributed by atoms with Crippen molar-refractivity contribution in [2.24, 2.45) is 5.73 Å². The van der Waals surface area contributed by atoms with Crippen LogP contribution in [0.1, 0.15) is 35.6 Å². The van der Waals surface area contributed by atoms with E-state index in [4.69, 9.17) is 10.8 Å². The molecule has 3 N–H and O–H groups in total. The van der Waals surface area contributed by atoms with E-state index in [-0.39, 0.29) is 12.6 Å². The third kappa shape index (κ3) is 2.45. The average molecular weight is 234 g/mol. The summed E-state index contributed by atoms with van der Waals surface area (Å²) in [6.45, 7) is 6.52. The van der Waals surface area contributed by atoms with Crippen molar-refractivity contribution < 1.29 is 5.11 Å². The Labute approximate surface area is 103 Å². The van der Waals surface area contributed by atoms with Gasteiger partial charge < -0.3 is 15.7 Å². The first kappa shape index (κ1) is 12.4. The predicted octanol–water partition coefficient (Wildman–Crippen LogP) is 1.90. The molecule has 1 saturated heterocycles. The Morgan fingerprint density at radius 2 is 1.88 bits per heavy atom. The number of aliphatic hydroxyl groups excluding tert-OH is 1. The first-order valence-corrected chi connectivity index (χ1v) is 6.36. The second-order valence-corrected chi connectivity index (χ2v) is 4.98. The van der Waals surface area contributed by atoms with Crippen LogP contribution in [-0.4, -0.2) is 24.8 Å². The van der Waals surface area contributed by atoms with Gasteiger partial charge in [0.15, 0.2) is 0 Å². The molecule has 0 spiro atoms. The minimum atomic E-state index is -0.263. The lowest BCUT2D eigenvalue weighted by molar-refractivity contribution is 0.267. The van der Waals surface area contributed by atoms with Crippen LogP contribution in [-0.2, 0) is 0 Å². The lowest BCUT2D eigenvalue weighted by Gasteiger charge is -2.23. The molecule has 3 nitrogen and oxygen atoms in total. The molecular weight excluding hydrogens is 212 g/mol. The molecule has 0 aliphatic carbocycles. The molecule has 0 radical (unpaired) electrons. The van der Waals surface area contributed by atoms with Crippen molar-refractivity contribution in [3.05, 3.63) is 28.8 Å². The van der Waals surface area contributed by atoms with Gasteiger partial charge in [0.25, 0.3) is 0 Å². The molecule has 2 rings (SSSR count). The number of aliphatic hydroxyl groups is 1. The number of rotatable bonds is 3. The number of nitrogens with two attached hydrogens (primary N) is 1. The molecule has 17 heavy (non-hydrogen) atoms. The molecule has 1 aliphatic heterocycles. The largest absolute Gasteiger partial charge is 0.394 e. The standard InChI is InChI=1S/C14H22N2O/c1-10-8-14(16-5-3-4-6-16)11(2)7-12(10)13(15)9-17/h7-8,13,17H,3-6,9,15H2,1-2H3/t13-/m1/s1. The second-order valence-electron chi connectivity index (χ2n) is 4.98. The highest BCUT2D eigenvalue weighted by Gasteiger charge is 2.17. The summed E-state index contributed by atoms with van der Waals surface area (Å²) in [5.41, 5.74) is 10.7. The van der Waals surface area contributed by atoms with Crippen LogP contribution in [0.5, 0.6) is 0 Å². The van der Waals surface area contributed by atoms with Gasteiger partial charge in [0.05, 0.1) is 12.6 Å². The lowest BCUT2D eigenvalue weighted by atomic mass is 9.98. The van der Waals surface area contributed by atoms with E-state index in [1.54, 1.807) is 0 Å². The molecular formula is C14H22N2O. The second kappa shape index (κ2) is 5.07. The van der Waals surface area contributed by atoms with Gasteiger partial charge in [0.2, 0.25) is 0 Å². The van der Waals surface area contributed by atoms with Crippen LogP contribution in [0.2, 0.25) is 0 Å². The fraction of sp³-hybridized carbons (Fsp3) is 0.571. The van der Waals surface area contributed by atoms with Crippen molar-refractivity contribution >= 4 is 5.69 Å². The van der Waals surface area contributed by atoms with Gasteiger partial charge in [0.1, 0.15) is 0 Å². The van der Waals surface area contributed by atoms with Gasteiger partial charge in [-0.05, 0) is 49.4 Å². The zero-order chi connectivity index (χ0) is 12.4. The van der Waals surface area contributed by atoms with Crippen LogP contribution in [0.25, 0.3) is 0 Å². The van der Waals surface area contributed by atoms with Crippen molar-refractivity contribution in [2.45, 2.75) is 32.7 Å². The van der Waals surface area contributed by atoms with Crippen molar-refractivity contribution in [3.8, 4) is 0 Å². The number of hydrogen-bond donors (Lipinski definition) is 2. The Bertz CT molecular complexity index is 397. The quantitative estimate of drug-likeness (QED) is 0.839. The summed E-state index contributed by atoms with van der Waals surface area (Å²) >= 11 is 0. The predicted molar refractivity (Wildman–Crippen MR) is 71.4 cm³/mol. The molecule has 0 bridgehead atoms. The Hall–Kier alpha value is -1.06. The maximum atomic E-state index is 9.15. The molecule has 0 aromatic heterocycles. The molecule has 1 aromatic rings. The van der Waals surface area contributed by atoms with Crippen molar-refractivity contribution in [1.29, 1.82) is 0 Å². The monoisotopic (exact) mass is 234 g/mol. The number of benzene rings is 1. The normalized spacial score (nSPS) is 17.5. The van der Waals surface area contributed by atoms with Crippen LogP contribution in [0.3, 0.4) is 0 Å². The molecule has 1 aromatic carbocycles. The summed E-state index contributed by atoms with van der Waals surface area (Å²) in [7, 11) is 0. The number of aryl methyl sites for hydroxylation is 2. The minimum Gasteiger partial charge on any atom is -0.394 e. The Balaban J connectivity index is 2.33. The van der Waals surface area contributed by atoms with Gasteiger partial charge in [-0.1, -0.05) is 6.07 Å². The molecule has 1 atom stereocenters. The lowest BCUT2D eigenvalue weighted by Crippen LogP contribution is -2.20. The third-order valence-corrected chi connectivity index (χ3v) is 3.63. The maximum Gasteiger partial charge on any atom is 0.0624 e. The van der Waals surface area contributed by atoms with E-state index in [9.17, 15) is 0 Å². The van der Waals surface area contributed by atoms with E-state index in [2.05, 4.69) is 30.9 Å². The van der Waals surface area contributed by atoms with Crippen LogP contribution in [0.15, 0.2) is 12.1 Å². The number of hydrogen-bond acceptors (Lipinski definition) is 3. The van der Waals surface area contributed by atoms with Gasteiger partial charge in [-0.2, -0.15) is 0 Å². The first-order chi connectivity index (χ1) is 8.13. The molecule has 0 unspecified atom stereocenters. The number of nitrogens with zero attached hydrogens (tertiary/aromatic N) is 1. The van der Waals surface area contributed by atoms with E-state index < -0.39 is 0 Å². The summed E-state index contributed by atoms with van der Waals surface area (Å²) in [4.78, 5) is 2.44. The summed E-state index contributed by atoms with van der Waals surface area (Å²) in [5, 5.41) is 9.15. The van der Waals surface area contributed by atoms with E-state index in [0.29, 0.717) is 0 Å². The molecule has 1 fully saturated rings. The summed E-state index contributed by atoms with van der Waals surface area (Å²) < 4.78 is 0. The van der Waals surface area contributed by atoms with Crippen molar-refractivity contribution in [2.75, 3.05) is 24.6 Å². The molecule has 1 heterocycles. The van der Waals surface area contributed by atoms with Gasteiger partial charge >= 0.3 is 0 Å². The highest BCUT2D eigenvalue weighted by atomic mass is 16.3. The maximum absolute atomic E-state index is 9.15. The minimum absolute atomic E-state index is 0.00331. The topological polar surface area (TPSA) is 49.5 Å². The summed E-state index contributed by atoms with van der Waals surface area (Å²) in [6.07, 6.45) is 2.58. The Morgan fingerprint density at radius 1 is 1.24 bits per heavy atom. The summed E-state index contributed by atoms with van der Waals surface area (Å²) in [5.74, 6) is 0. The zero-order valence-corrected chi connectivity index (χ0v) is 10.7. The molecule has 0 amide bonds. The van der Waals surface area contributed by atoms with E-state index in [0.717, 1.165) is 18.7 Å². The highest BCUT2D eigenvalue weighted by molar-refractivity contribution is 5.58. The molecule has 94 valence electrons. The van der Waals surface area contributed by atoms with Gasteiger partial charge in [-0.3, -0.25) is 0 Å². The fourth-order valence-corrected chi connectivity index (χ4v) is 2.62. The zero-order valence-electron chi connectivity index (χ0n) is 10.7. The van der Waals surface area contributed by atoms with E-state index in [1.165, 1.54) is 29.7 Å². The SMILES string of the molecule is Cc1cc(N2CCCC2)c(C)cc1[C@H](N)CO. The highest BCUT2D eigenvalue weighted by Crippen LogP contribution is 2.29.